The Balaban J connectivity index is 2.06. The lowest BCUT2D eigenvalue weighted by molar-refractivity contribution is -0.422. The van der Waals surface area contributed by atoms with Crippen LogP contribution in [0.3, 0.4) is 0 Å². The molecule has 10 atom stereocenters. The quantitative estimate of drug-likeness (QED) is 0.168. The molecule has 142 valence electrons. The van der Waals surface area contributed by atoms with Gasteiger partial charge in [-0.3, -0.25) is 0 Å². The van der Waals surface area contributed by atoms with E-state index < -0.39 is 73.2 Å². The Morgan fingerprint density at radius 2 is 0.458 bits per heavy atom. The van der Waals surface area contributed by atoms with Crippen molar-refractivity contribution in [3.05, 3.63) is 0 Å². The molecule has 0 aliphatic heterocycles. The fourth-order valence-electron chi connectivity index (χ4n) is 2.75. The topological polar surface area (TPSA) is 221 Å². The van der Waals surface area contributed by atoms with Crippen molar-refractivity contribution in [2.75, 3.05) is 0 Å². The average molecular weight is 358 g/mol. The van der Waals surface area contributed by atoms with E-state index >= 15 is 0 Å². The summed E-state index contributed by atoms with van der Waals surface area (Å²) in [7, 11) is 0. The van der Waals surface area contributed by atoms with Crippen molar-refractivity contribution in [2.24, 2.45) is 0 Å². The molecule has 2 rings (SSSR count). The average Bonchev–Trinajstić information content (AvgIpc) is 2.57. The third-order valence-electron chi connectivity index (χ3n) is 4.42. The Kier molecular flexibility index (Phi) is 6.12. The van der Waals surface area contributed by atoms with Gasteiger partial charge in [-0.1, -0.05) is 0 Å². The lowest BCUT2D eigenvalue weighted by atomic mass is 9.84. The van der Waals surface area contributed by atoms with Crippen molar-refractivity contribution in [2.45, 2.75) is 73.2 Å². The van der Waals surface area contributed by atoms with Crippen molar-refractivity contribution < 1.29 is 60.8 Å². The Morgan fingerprint density at radius 3 is 0.667 bits per heavy atom. The zero-order valence-electron chi connectivity index (χ0n) is 12.2. The minimum atomic E-state index is -1.89. The second-order valence-electron chi connectivity index (χ2n) is 6.03. The molecule has 2 aliphatic rings. The van der Waals surface area contributed by atoms with E-state index in [1.54, 1.807) is 0 Å². The van der Waals surface area contributed by atoms with Gasteiger partial charge in [0.2, 0.25) is 0 Å². The SMILES string of the molecule is O[C@@H]1[C@@H](O)[C@@H](O)[C@H](OO[C@H]2[C@@H](O)[C@@H](O)[C@H](O)[C@H](O)[C@@H]2O)[C@@H](O)[C@@H]1O. The molecule has 2 aliphatic carbocycles. The van der Waals surface area contributed by atoms with E-state index in [4.69, 9.17) is 0 Å². The molecule has 0 radical (unpaired) electrons. The van der Waals surface area contributed by atoms with Gasteiger partial charge in [-0.05, 0) is 0 Å². The highest BCUT2D eigenvalue weighted by atomic mass is 17.2. The smallest absolute Gasteiger partial charge is 0.150 e. The summed E-state index contributed by atoms with van der Waals surface area (Å²) in [4.78, 5) is 9.31. The third kappa shape index (κ3) is 3.29. The van der Waals surface area contributed by atoms with Crippen molar-refractivity contribution in [1.82, 2.24) is 0 Å². The molecule has 0 saturated heterocycles. The van der Waals surface area contributed by atoms with Crippen LogP contribution >= 0.6 is 0 Å². The predicted molar refractivity (Wildman–Crippen MR) is 69.8 cm³/mol. The summed E-state index contributed by atoms with van der Waals surface area (Å²) in [6.07, 6.45) is -22.3. The third-order valence-corrected chi connectivity index (χ3v) is 4.42. The lowest BCUT2D eigenvalue weighted by Gasteiger charge is -2.43. The van der Waals surface area contributed by atoms with Crippen LogP contribution in [0.4, 0.5) is 0 Å². The van der Waals surface area contributed by atoms with Gasteiger partial charge in [-0.2, -0.15) is 0 Å². The molecule has 0 amide bonds. The summed E-state index contributed by atoms with van der Waals surface area (Å²) in [5.74, 6) is 0. The highest BCUT2D eigenvalue weighted by Gasteiger charge is 2.53. The largest absolute Gasteiger partial charge is 0.387 e. The van der Waals surface area contributed by atoms with Crippen LogP contribution in [0, 0.1) is 0 Å². The van der Waals surface area contributed by atoms with Gasteiger partial charge >= 0.3 is 0 Å². The van der Waals surface area contributed by atoms with Crippen LogP contribution < -0.4 is 0 Å². The first-order valence-corrected chi connectivity index (χ1v) is 7.22. The fraction of sp³-hybridized carbons (Fsp3) is 1.00. The minimum absolute atomic E-state index is 1.78. The zero-order valence-corrected chi connectivity index (χ0v) is 12.2. The monoisotopic (exact) mass is 358 g/mol. The summed E-state index contributed by atoms with van der Waals surface area (Å²) >= 11 is 0. The van der Waals surface area contributed by atoms with E-state index in [1.165, 1.54) is 0 Å². The molecule has 2 fully saturated rings. The Labute approximate surface area is 135 Å². The van der Waals surface area contributed by atoms with Crippen LogP contribution in [-0.4, -0.2) is 124 Å². The van der Waals surface area contributed by atoms with Crippen molar-refractivity contribution >= 4 is 0 Å². The molecular formula is C12H22O12. The summed E-state index contributed by atoms with van der Waals surface area (Å²) < 4.78 is 0. The van der Waals surface area contributed by atoms with Gasteiger partial charge in [-0.15, -0.1) is 0 Å². The van der Waals surface area contributed by atoms with Crippen molar-refractivity contribution in [3.63, 3.8) is 0 Å². The maximum atomic E-state index is 9.75. The molecule has 0 unspecified atom stereocenters. The van der Waals surface area contributed by atoms with E-state index in [-0.39, 0.29) is 0 Å². The van der Waals surface area contributed by atoms with Crippen LogP contribution in [0.25, 0.3) is 0 Å². The molecule has 12 nitrogen and oxygen atoms in total. The molecule has 2 saturated carbocycles. The van der Waals surface area contributed by atoms with Gasteiger partial charge in [0.1, 0.15) is 73.2 Å². The van der Waals surface area contributed by atoms with E-state index in [9.17, 15) is 51.1 Å². The minimum Gasteiger partial charge on any atom is -0.387 e. The number of hydrogen-bond donors (Lipinski definition) is 10. The van der Waals surface area contributed by atoms with Crippen LogP contribution in [0.15, 0.2) is 0 Å². The number of hydrogen-bond acceptors (Lipinski definition) is 12. The van der Waals surface area contributed by atoms with Gasteiger partial charge in [0, 0.05) is 0 Å². The van der Waals surface area contributed by atoms with E-state index in [0.717, 1.165) is 0 Å². The van der Waals surface area contributed by atoms with Crippen molar-refractivity contribution in [1.29, 1.82) is 0 Å². The first-order valence-electron chi connectivity index (χ1n) is 7.22. The van der Waals surface area contributed by atoms with E-state index in [0.29, 0.717) is 0 Å². The summed E-state index contributed by atoms with van der Waals surface area (Å²) in [6, 6.07) is 0. The molecule has 0 bridgehead atoms. The highest BCUT2D eigenvalue weighted by molar-refractivity contribution is 5.00. The molecule has 10 N–H and O–H groups in total. The molecule has 0 aromatic carbocycles. The van der Waals surface area contributed by atoms with Crippen molar-refractivity contribution in [3.8, 4) is 0 Å². The van der Waals surface area contributed by atoms with E-state index in [1.807, 2.05) is 0 Å². The summed E-state index contributed by atoms with van der Waals surface area (Å²) in [5, 5.41) is 96.0. The summed E-state index contributed by atoms with van der Waals surface area (Å²) in [5.41, 5.74) is 0. The van der Waals surface area contributed by atoms with Gasteiger partial charge in [-0.25, -0.2) is 9.78 Å². The summed E-state index contributed by atoms with van der Waals surface area (Å²) in [6.45, 7) is 0. The molecule has 12 heteroatoms. The van der Waals surface area contributed by atoms with E-state index in [2.05, 4.69) is 9.78 Å². The first kappa shape index (κ1) is 19.8. The molecule has 0 spiro atoms. The molecule has 0 aromatic heterocycles. The van der Waals surface area contributed by atoms with Crippen LogP contribution in [0.2, 0.25) is 0 Å². The fourth-order valence-corrected chi connectivity index (χ4v) is 2.75. The Bertz CT molecular complexity index is 353. The maximum Gasteiger partial charge on any atom is 0.150 e. The van der Waals surface area contributed by atoms with Gasteiger partial charge in [0.15, 0.2) is 0 Å². The lowest BCUT2D eigenvalue weighted by Crippen LogP contribution is -2.66. The van der Waals surface area contributed by atoms with Gasteiger partial charge in [0.05, 0.1) is 0 Å². The maximum absolute atomic E-state index is 9.75. The first-order chi connectivity index (χ1) is 11.1. The second kappa shape index (κ2) is 7.41. The van der Waals surface area contributed by atoms with Crippen LogP contribution in [0.1, 0.15) is 0 Å². The zero-order chi connectivity index (χ0) is 18.3. The molecular weight excluding hydrogens is 336 g/mol. The van der Waals surface area contributed by atoms with Crippen LogP contribution in [0.5, 0.6) is 0 Å². The number of rotatable bonds is 3. The van der Waals surface area contributed by atoms with Gasteiger partial charge in [0.25, 0.3) is 0 Å². The number of aliphatic hydroxyl groups excluding tert-OH is 10. The van der Waals surface area contributed by atoms with Gasteiger partial charge < -0.3 is 51.1 Å². The standard InChI is InChI=1S/C12H22O12/c13-1-3(15)7(19)11(8(20)4(1)16)23-24-12-9(21)5(17)2(14)6(18)10(12)22/h1-22H/t1-,2-,3-,4-,5+,6+,7-,8-,9-,10+,11-,12+/m0/s1. The van der Waals surface area contributed by atoms with Crippen LogP contribution in [-0.2, 0) is 9.78 Å². The molecule has 0 heterocycles. The Morgan fingerprint density at radius 1 is 0.292 bits per heavy atom. The highest BCUT2D eigenvalue weighted by Crippen LogP contribution is 2.28. The Hall–Kier alpha value is -0.480. The second-order valence-corrected chi connectivity index (χ2v) is 6.03. The molecule has 24 heavy (non-hydrogen) atoms. The predicted octanol–water partition coefficient (Wildman–Crippen LogP) is -6.69. The normalized spacial score (nSPS) is 56.2. The number of aliphatic hydroxyl groups is 10. The molecule has 0 aromatic rings.